The van der Waals surface area contributed by atoms with E-state index < -0.39 is 0 Å². The lowest BCUT2D eigenvalue weighted by Gasteiger charge is -2.18. The van der Waals surface area contributed by atoms with Gasteiger partial charge in [-0.2, -0.15) is 10.1 Å². The van der Waals surface area contributed by atoms with Gasteiger partial charge in [-0.15, -0.1) is 0 Å². The fraction of sp³-hybridized carbons (Fsp3) is 0.429. The summed E-state index contributed by atoms with van der Waals surface area (Å²) in [5.41, 5.74) is 5.26. The second kappa shape index (κ2) is 8.37. The highest BCUT2D eigenvalue weighted by Crippen LogP contribution is 2.17. The maximum atomic E-state index is 12.5. The summed E-state index contributed by atoms with van der Waals surface area (Å²) in [6.45, 7) is 9.04. The number of carbonyl (C=O) groups is 1. The van der Waals surface area contributed by atoms with Gasteiger partial charge in [0.25, 0.3) is 5.78 Å². The van der Waals surface area contributed by atoms with Crippen LogP contribution < -0.4 is 4.74 Å². The maximum Gasteiger partial charge on any atom is 0.252 e. The van der Waals surface area contributed by atoms with E-state index in [-0.39, 0.29) is 5.91 Å². The van der Waals surface area contributed by atoms with Crippen molar-refractivity contribution in [2.75, 3.05) is 20.2 Å². The van der Waals surface area contributed by atoms with Crippen LogP contribution in [0, 0.1) is 27.7 Å². The van der Waals surface area contributed by atoms with Crippen molar-refractivity contribution in [3.63, 3.8) is 0 Å². The van der Waals surface area contributed by atoms with E-state index >= 15 is 0 Å². The second-order valence-corrected chi connectivity index (χ2v) is 7.22. The number of nitrogens with zero attached hydrogens (tertiary/aromatic N) is 5. The van der Waals surface area contributed by atoms with Crippen LogP contribution in [0.15, 0.2) is 24.5 Å². The average Bonchev–Trinajstić information content (AvgIpc) is 3.08. The molecule has 0 spiro atoms. The van der Waals surface area contributed by atoms with E-state index in [1.54, 1.807) is 9.42 Å². The number of benzene rings is 1. The molecule has 0 atom stereocenters. The molecule has 0 radical (unpaired) electrons. The molecule has 148 valence electrons. The van der Waals surface area contributed by atoms with Crippen LogP contribution in [-0.4, -0.2) is 50.6 Å². The van der Waals surface area contributed by atoms with Gasteiger partial charge in [0.1, 0.15) is 18.7 Å². The Balaban J connectivity index is 1.53. The van der Waals surface area contributed by atoms with E-state index in [4.69, 9.17) is 4.74 Å². The van der Waals surface area contributed by atoms with Crippen LogP contribution >= 0.6 is 0 Å². The van der Waals surface area contributed by atoms with Gasteiger partial charge in [0.2, 0.25) is 5.91 Å². The lowest BCUT2D eigenvalue weighted by Crippen LogP contribution is -2.31. The monoisotopic (exact) mass is 381 g/mol. The van der Waals surface area contributed by atoms with Crippen LogP contribution in [0.2, 0.25) is 0 Å². The van der Waals surface area contributed by atoms with Crippen molar-refractivity contribution in [3.05, 3.63) is 52.6 Å². The predicted octanol–water partition coefficient (Wildman–Crippen LogP) is 2.83. The number of fused-ring (bicyclic) bond motifs is 1. The second-order valence-electron chi connectivity index (χ2n) is 7.22. The molecular weight excluding hydrogens is 354 g/mol. The first-order valence-electron chi connectivity index (χ1n) is 9.46. The van der Waals surface area contributed by atoms with Crippen LogP contribution in [0.5, 0.6) is 5.75 Å². The van der Waals surface area contributed by atoms with E-state index in [2.05, 4.69) is 21.1 Å². The lowest BCUT2D eigenvalue weighted by atomic mass is 10.1. The molecule has 0 bridgehead atoms. The number of hydrogen-bond donors (Lipinski definition) is 0. The Morgan fingerprint density at radius 1 is 1.14 bits per heavy atom. The Kier molecular flexibility index (Phi) is 5.92. The number of ether oxygens (including phenoxy) is 1. The third-order valence-electron chi connectivity index (χ3n) is 4.89. The summed E-state index contributed by atoms with van der Waals surface area (Å²) >= 11 is 0. The maximum absolute atomic E-state index is 12.5. The molecule has 0 fully saturated rings. The third kappa shape index (κ3) is 4.47. The summed E-state index contributed by atoms with van der Waals surface area (Å²) in [4.78, 5) is 22.8. The Hall–Kier alpha value is -2.96. The smallest absolute Gasteiger partial charge is 0.252 e. The van der Waals surface area contributed by atoms with E-state index in [9.17, 15) is 4.79 Å². The van der Waals surface area contributed by atoms with Crippen molar-refractivity contribution in [2.24, 2.45) is 0 Å². The minimum atomic E-state index is 0.0847. The minimum Gasteiger partial charge on any atom is -0.492 e. The summed E-state index contributed by atoms with van der Waals surface area (Å²) < 4.78 is 7.52. The van der Waals surface area contributed by atoms with Crippen molar-refractivity contribution in [1.29, 1.82) is 0 Å². The molecule has 0 aliphatic carbocycles. The average molecular weight is 381 g/mol. The zero-order valence-corrected chi connectivity index (χ0v) is 17.2. The Morgan fingerprint density at radius 3 is 2.57 bits per heavy atom. The van der Waals surface area contributed by atoms with Crippen LogP contribution in [0.25, 0.3) is 5.78 Å². The van der Waals surface area contributed by atoms with Crippen LogP contribution in [0.3, 0.4) is 0 Å². The molecule has 0 saturated heterocycles. The number of rotatable bonds is 7. The number of aromatic nitrogens is 4. The van der Waals surface area contributed by atoms with Crippen molar-refractivity contribution < 1.29 is 9.53 Å². The van der Waals surface area contributed by atoms with E-state index in [0.29, 0.717) is 31.8 Å². The highest BCUT2D eigenvalue weighted by molar-refractivity contribution is 5.76. The largest absolute Gasteiger partial charge is 0.492 e. The van der Waals surface area contributed by atoms with Crippen LogP contribution in [-0.2, 0) is 11.2 Å². The standard InChI is InChI=1S/C21H27N5O2/c1-14-10-15(2)12-18(11-14)28-9-8-25(5)20(27)7-6-19-16(3)24-21-22-13-23-26(21)17(19)4/h10-13H,6-9H2,1-5H3. The summed E-state index contributed by atoms with van der Waals surface area (Å²) in [5.74, 6) is 1.52. The van der Waals surface area contributed by atoms with Gasteiger partial charge in [-0.3, -0.25) is 4.79 Å². The molecule has 1 aromatic carbocycles. The first-order valence-corrected chi connectivity index (χ1v) is 9.46. The molecule has 1 amide bonds. The zero-order valence-electron chi connectivity index (χ0n) is 17.2. The number of hydrogen-bond acceptors (Lipinski definition) is 5. The summed E-state index contributed by atoms with van der Waals surface area (Å²) in [6, 6.07) is 6.12. The van der Waals surface area contributed by atoms with E-state index in [0.717, 1.165) is 22.7 Å². The molecule has 0 saturated carbocycles. The molecule has 0 aliphatic rings. The molecular formula is C21H27N5O2. The van der Waals surface area contributed by atoms with Crippen molar-refractivity contribution >= 4 is 11.7 Å². The van der Waals surface area contributed by atoms with E-state index in [1.165, 1.54) is 17.5 Å². The number of carbonyl (C=O) groups excluding carboxylic acids is 1. The molecule has 28 heavy (non-hydrogen) atoms. The van der Waals surface area contributed by atoms with Gasteiger partial charge >= 0.3 is 0 Å². The Bertz CT molecular complexity index is 976. The zero-order chi connectivity index (χ0) is 20.3. The first-order chi connectivity index (χ1) is 13.3. The van der Waals surface area contributed by atoms with Crippen molar-refractivity contribution in [2.45, 2.75) is 40.5 Å². The topological polar surface area (TPSA) is 72.6 Å². The Morgan fingerprint density at radius 2 is 1.86 bits per heavy atom. The molecule has 0 aliphatic heterocycles. The molecule has 2 heterocycles. The molecule has 3 rings (SSSR count). The van der Waals surface area contributed by atoms with Crippen molar-refractivity contribution in [1.82, 2.24) is 24.5 Å². The van der Waals surface area contributed by atoms with Crippen molar-refractivity contribution in [3.8, 4) is 5.75 Å². The lowest BCUT2D eigenvalue weighted by molar-refractivity contribution is -0.130. The van der Waals surface area contributed by atoms with Gasteiger partial charge in [0.15, 0.2) is 0 Å². The molecule has 3 aromatic rings. The fourth-order valence-corrected chi connectivity index (χ4v) is 3.38. The Labute approximate surface area is 165 Å². The normalized spacial score (nSPS) is 11.0. The van der Waals surface area contributed by atoms with Gasteiger partial charge in [-0.1, -0.05) is 6.07 Å². The number of likely N-dealkylation sites (N-methyl/N-ethyl adjacent to an activating group) is 1. The van der Waals surface area contributed by atoms with Gasteiger partial charge in [0.05, 0.1) is 6.54 Å². The number of aryl methyl sites for hydroxylation is 4. The van der Waals surface area contributed by atoms with Crippen LogP contribution in [0.1, 0.15) is 34.5 Å². The predicted molar refractivity (Wildman–Crippen MR) is 108 cm³/mol. The number of amides is 1. The molecule has 7 heteroatoms. The minimum absolute atomic E-state index is 0.0847. The fourth-order valence-electron chi connectivity index (χ4n) is 3.38. The van der Waals surface area contributed by atoms with Gasteiger partial charge in [-0.05, 0) is 62.9 Å². The van der Waals surface area contributed by atoms with Gasteiger partial charge < -0.3 is 9.64 Å². The molecule has 0 N–H and O–H groups in total. The SMILES string of the molecule is Cc1cc(C)cc(OCCN(C)C(=O)CCc2c(C)nc3ncnn3c2C)c1. The molecule has 7 nitrogen and oxygen atoms in total. The molecule has 2 aromatic heterocycles. The van der Waals surface area contributed by atoms with Gasteiger partial charge in [-0.25, -0.2) is 9.50 Å². The van der Waals surface area contributed by atoms with Gasteiger partial charge in [0, 0.05) is 24.9 Å². The van der Waals surface area contributed by atoms with E-state index in [1.807, 2.05) is 46.9 Å². The summed E-state index contributed by atoms with van der Waals surface area (Å²) in [7, 11) is 1.81. The summed E-state index contributed by atoms with van der Waals surface area (Å²) in [5, 5.41) is 4.20. The quantitative estimate of drug-likeness (QED) is 0.629. The third-order valence-corrected chi connectivity index (χ3v) is 4.89. The van der Waals surface area contributed by atoms with Crippen LogP contribution in [0.4, 0.5) is 0 Å². The highest BCUT2D eigenvalue weighted by Gasteiger charge is 2.14. The highest BCUT2D eigenvalue weighted by atomic mass is 16.5. The molecule has 0 unspecified atom stereocenters. The first kappa shape index (κ1) is 19.8. The summed E-state index contributed by atoms with van der Waals surface area (Å²) in [6.07, 6.45) is 2.54.